The van der Waals surface area contributed by atoms with Crippen molar-refractivity contribution < 1.29 is 13.5 Å². The zero-order valence-corrected chi connectivity index (χ0v) is 18.3. The molecule has 2 aliphatic heterocycles. The maximum atomic E-state index is 13.3. The maximum Gasteiger partial charge on any atom is 0.250 e. The molecule has 0 saturated carbocycles. The van der Waals surface area contributed by atoms with Crippen LogP contribution in [0.15, 0.2) is 42.5 Å². The lowest BCUT2D eigenvalue weighted by Crippen LogP contribution is -2.39. The molecule has 0 N–H and O–H groups in total. The highest BCUT2D eigenvalue weighted by Gasteiger charge is 2.33. The van der Waals surface area contributed by atoms with Crippen LogP contribution in [0, 0.1) is 11.8 Å². The monoisotopic (exact) mass is 424 g/mol. The standard InChI is InChI=1S/C26H30F2N2O/c1-29-18-22-17-20(5-3-4-14-30-15-12-26(27,28)13-16-30)6-11-24(22)25(19-29)21-7-9-23(31-2)10-8-21/h6-11,17,25H,4,12-16,18-19H2,1-2H3. The fourth-order valence-electron chi connectivity index (χ4n) is 4.53. The van der Waals surface area contributed by atoms with Crippen LogP contribution in [-0.2, 0) is 6.54 Å². The molecule has 0 aromatic heterocycles. The number of hydrogen-bond acceptors (Lipinski definition) is 3. The number of nitrogens with zero attached hydrogens (tertiary/aromatic N) is 2. The number of benzene rings is 2. The lowest BCUT2D eigenvalue weighted by molar-refractivity contribution is -0.0546. The van der Waals surface area contributed by atoms with Gasteiger partial charge in [-0.25, -0.2) is 8.78 Å². The summed E-state index contributed by atoms with van der Waals surface area (Å²) in [5.41, 5.74) is 5.00. The third-order valence-corrected chi connectivity index (χ3v) is 6.34. The summed E-state index contributed by atoms with van der Waals surface area (Å²) in [6, 6.07) is 14.9. The number of hydrogen-bond donors (Lipinski definition) is 0. The molecule has 2 aromatic rings. The van der Waals surface area contributed by atoms with Crippen LogP contribution in [0.1, 0.15) is 47.4 Å². The molecule has 0 spiro atoms. The molecule has 3 nitrogen and oxygen atoms in total. The second-order valence-corrected chi connectivity index (χ2v) is 8.69. The first kappa shape index (κ1) is 21.8. The summed E-state index contributed by atoms with van der Waals surface area (Å²) in [7, 11) is 3.84. The molecule has 164 valence electrons. The van der Waals surface area contributed by atoms with E-state index < -0.39 is 5.92 Å². The summed E-state index contributed by atoms with van der Waals surface area (Å²) in [4.78, 5) is 4.44. The van der Waals surface area contributed by atoms with E-state index in [2.05, 4.69) is 59.0 Å². The Hall–Kier alpha value is -2.42. The molecular weight excluding hydrogens is 394 g/mol. The lowest BCUT2D eigenvalue weighted by atomic mass is 9.84. The van der Waals surface area contributed by atoms with Gasteiger partial charge in [-0.15, -0.1) is 0 Å². The first-order chi connectivity index (χ1) is 14.9. The Morgan fingerprint density at radius 3 is 2.55 bits per heavy atom. The third-order valence-electron chi connectivity index (χ3n) is 6.34. The van der Waals surface area contributed by atoms with Crippen molar-refractivity contribution >= 4 is 0 Å². The van der Waals surface area contributed by atoms with Crippen molar-refractivity contribution in [3.05, 3.63) is 64.7 Å². The minimum Gasteiger partial charge on any atom is -0.497 e. The quantitative estimate of drug-likeness (QED) is 0.659. The normalized spacial score (nSPS) is 21.1. The topological polar surface area (TPSA) is 15.7 Å². The first-order valence-corrected chi connectivity index (χ1v) is 11.0. The molecule has 1 fully saturated rings. The molecule has 31 heavy (non-hydrogen) atoms. The van der Waals surface area contributed by atoms with Crippen LogP contribution in [0.25, 0.3) is 0 Å². The van der Waals surface area contributed by atoms with Crippen molar-refractivity contribution in [2.75, 3.05) is 40.3 Å². The van der Waals surface area contributed by atoms with Gasteiger partial charge >= 0.3 is 0 Å². The van der Waals surface area contributed by atoms with Crippen LogP contribution in [0.5, 0.6) is 5.75 Å². The van der Waals surface area contributed by atoms with Crippen molar-refractivity contribution in [2.45, 2.75) is 37.6 Å². The zero-order chi connectivity index (χ0) is 21.8. The summed E-state index contributed by atoms with van der Waals surface area (Å²) >= 11 is 0. The van der Waals surface area contributed by atoms with E-state index >= 15 is 0 Å². The molecule has 0 amide bonds. The van der Waals surface area contributed by atoms with E-state index in [1.807, 2.05) is 12.1 Å². The average molecular weight is 425 g/mol. The molecular formula is C26H30F2N2O. The Labute approximate surface area is 184 Å². The molecule has 2 aromatic carbocycles. The number of alkyl halides is 2. The van der Waals surface area contributed by atoms with Crippen LogP contribution in [0.2, 0.25) is 0 Å². The molecule has 2 heterocycles. The number of methoxy groups -OCH3 is 1. The number of halogens is 2. The molecule has 2 aliphatic rings. The van der Waals surface area contributed by atoms with Crippen LogP contribution < -0.4 is 4.74 Å². The van der Waals surface area contributed by atoms with Gasteiger partial charge in [0.2, 0.25) is 0 Å². The Morgan fingerprint density at radius 1 is 1.10 bits per heavy atom. The van der Waals surface area contributed by atoms with E-state index in [-0.39, 0.29) is 12.8 Å². The van der Waals surface area contributed by atoms with Gasteiger partial charge in [-0.1, -0.05) is 30.0 Å². The predicted molar refractivity (Wildman–Crippen MR) is 120 cm³/mol. The van der Waals surface area contributed by atoms with Gasteiger partial charge in [0.15, 0.2) is 0 Å². The van der Waals surface area contributed by atoms with Crippen LogP contribution in [0.4, 0.5) is 8.78 Å². The lowest BCUT2D eigenvalue weighted by Gasteiger charge is -2.32. The molecule has 0 bridgehead atoms. The summed E-state index contributed by atoms with van der Waals surface area (Å²) in [5, 5.41) is 0. The van der Waals surface area contributed by atoms with E-state index in [0.29, 0.717) is 25.4 Å². The Bertz CT molecular complexity index is 952. The average Bonchev–Trinajstić information content (AvgIpc) is 2.77. The van der Waals surface area contributed by atoms with Crippen molar-refractivity contribution in [1.82, 2.24) is 9.80 Å². The van der Waals surface area contributed by atoms with Gasteiger partial charge in [0.1, 0.15) is 5.75 Å². The molecule has 4 rings (SSSR count). The van der Waals surface area contributed by atoms with Crippen LogP contribution >= 0.6 is 0 Å². The highest BCUT2D eigenvalue weighted by Crippen LogP contribution is 2.34. The highest BCUT2D eigenvalue weighted by molar-refractivity contribution is 5.47. The Balaban J connectivity index is 1.42. The van der Waals surface area contributed by atoms with Gasteiger partial charge in [0, 0.05) is 63.5 Å². The van der Waals surface area contributed by atoms with Gasteiger partial charge in [-0.3, -0.25) is 0 Å². The Morgan fingerprint density at radius 2 is 1.84 bits per heavy atom. The van der Waals surface area contributed by atoms with Gasteiger partial charge < -0.3 is 14.5 Å². The van der Waals surface area contributed by atoms with Crippen LogP contribution in [-0.4, -0.2) is 56.1 Å². The van der Waals surface area contributed by atoms with Crippen molar-refractivity contribution in [1.29, 1.82) is 0 Å². The van der Waals surface area contributed by atoms with E-state index in [4.69, 9.17) is 4.74 Å². The summed E-state index contributed by atoms with van der Waals surface area (Å²) in [6.45, 7) is 3.59. The highest BCUT2D eigenvalue weighted by atomic mass is 19.3. The molecule has 1 saturated heterocycles. The number of ether oxygens (including phenoxy) is 1. The number of fused-ring (bicyclic) bond motifs is 1. The minimum absolute atomic E-state index is 0.0336. The smallest absolute Gasteiger partial charge is 0.250 e. The van der Waals surface area contributed by atoms with Gasteiger partial charge in [0.25, 0.3) is 5.92 Å². The molecule has 0 aliphatic carbocycles. The number of likely N-dealkylation sites (tertiary alicyclic amines) is 1. The third kappa shape index (κ3) is 5.44. The minimum atomic E-state index is -2.48. The van der Waals surface area contributed by atoms with Gasteiger partial charge in [0.05, 0.1) is 7.11 Å². The predicted octanol–water partition coefficient (Wildman–Crippen LogP) is 4.75. The van der Waals surface area contributed by atoms with E-state index in [0.717, 1.165) is 30.9 Å². The summed E-state index contributed by atoms with van der Waals surface area (Å²) < 4.78 is 31.8. The second kappa shape index (κ2) is 9.38. The molecule has 1 unspecified atom stereocenters. The van der Waals surface area contributed by atoms with Crippen molar-refractivity contribution in [3.63, 3.8) is 0 Å². The number of likely N-dealkylation sites (N-methyl/N-ethyl adjacent to an activating group) is 1. The van der Waals surface area contributed by atoms with E-state index in [1.165, 1.54) is 16.7 Å². The summed E-state index contributed by atoms with van der Waals surface area (Å²) in [6.07, 6.45) is 0.638. The fourth-order valence-corrected chi connectivity index (χ4v) is 4.53. The van der Waals surface area contributed by atoms with Crippen molar-refractivity contribution in [3.8, 4) is 17.6 Å². The van der Waals surface area contributed by atoms with E-state index in [9.17, 15) is 8.78 Å². The zero-order valence-electron chi connectivity index (χ0n) is 18.3. The number of piperidine rings is 1. The van der Waals surface area contributed by atoms with Gasteiger partial charge in [-0.05, 0) is 48.0 Å². The van der Waals surface area contributed by atoms with Crippen molar-refractivity contribution in [2.24, 2.45) is 0 Å². The largest absolute Gasteiger partial charge is 0.497 e. The number of rotatable bonds is 4. The van der Waals surface area contributed by atoms with Crippen LogP contribution in [0.3, 0.4) is 0 Å². The first-order valence-electron chi connectivity index (χ1n) is 11.0. The Kier molecular flexibility index (Phi) is 6.60. The molecule has 5 heteroatoms. The maximum absolute atomic E-state index is 13.3. The molecule has 1 atom stereocenters. The SMILES string of the molecule is COc1ccc(C2CN(C)Cc3cc(C#CCCN4CCC(F)(F)CC4)ccc32)cc1. The second-order valence-electron chi connectivity index (χ2n) is 8.69. The van der Waals surface area contributed by atoms with Gasteiger partial charge in [-0.2, -0.15) is 0 Å². The molecule has 0 radical (unpaired) electrons. The summed E-state index contributed by atoms with van der Waals surface area (Å²) in [5.74, 6) is 5.23. The fraction of sp³-hybridized carbons (Fsp3) is 0.462. The van der Waals surface area contributed by atoms with E-state index in [1.54, 1.807) is 7.11 Å².